The van der Waals surface area contributed by atoms with Crippen LogP contribution in [0.5, 0.6) is 5.75 Å². The van der Waals surface area contributed by atoms with Gasteiger partial charge >= 0.3 is 5.69 Å². The molecule has 110 valence electrons. The number of anilines is 1. The number of nitro benzene ring substituents is 1. The average Bonchev–Trinajstić information content (AvgIpc) is 2.47. The van der Waals surface area contributed by atoms with Crippen LogP contribution in [0.1, 0.15) is 12.5 Å². The SMILES string of the molecule is CCNc1ccc(COc2ccc(Br)cc2[N+](=O)[O-])cn1. The Hall–Kier alpha value is -2.15. The van der Waals surface area contributed by atoms with Crippen LogP contribution in [0.25, 0.3) is 0 Å². The number of nitro groups is 1. The lowest BCUT2D eigenvalue weighted by atomic mass is 10.3. The molecule has 1 N–H and O–H groups in total. The van der Waals surface area contributed by atoms with Crippen LogP contribution in [0.4, 0.5) is 11.5 Å². The first-order valence-electron chi connectivity index (χ1n) is 6.35. The summed E-state index contributed by atoms with van der Waals surface area (Å²) in [4.78, 5) is 14.7. The molecule has 21 heavy (non-hydrogen) atoms. The van der Waals surface area contributed by atoms with Crippen molar-refractivity contribution in [3.8, 4) is 5.75 Å². The van der Waals surface area contributed by atoms with E-state index in [0.717, 1.165) is 17.9 Å². The fraction of sp³-hybridized carbons (Fsp3) is 0.214. The van der Waals surface area contributed by atoms with Gasteiger partial charge in [-0.2, -0.15) is 0 Å². The van der Waals surface area contributed by atoms with Crippen molar-refractivity contribution in [2.24, 2.45) is 0 Å². The van der Waals surface area contributed by atoms with Crippen molar-refractivity contribution in [1.82, 2.24) is 4.98 Å². The molecule has 6 nitrogen and oxygen atoms in total. The van der Waals surface area contributed by atoms with Gasteiger partial charge in [0.15, 0.2) is 5.75 Å². The molecule has 2 rings (SSSR count). The lowest BCUT2D eigenvalue weighted by molar-refractivity contribution is -0.386. The van der Waals surface area contributed by atoms with E-state index in [2.05, 4.69) is 26.2 Å². The zero-order valence-corrected chi connectivity index (χ0v) is 13.0. The summed E-state index contributed by atoms with van der Waals surface area (Å²) in [7, 11) is 0. The van der Waals surface area contributed by atoms with Gasteiger partial charge in [0.25, 0.3) is 0 Å². The predicted octanol–water partition coefficient (Wildman–Crippen LogP) is 3.76. The number of nitrogens with one attached hydrogen (secondary N) is 1. The highest BCUT2D eigenvalue weighted by molar-refractivity contribution is 9.10. The third-order valence-electron chi connectivity index (χ3n) is 2.69. The Bertz CT molecular complexity index is 632. The summed E-state index contributed by atoms with van der Waals surface area (Å²) in [6.45, 7) is 3.02. The number of nitrogens with zero attached hydrogens (tertiary/aromatic N) is 2. The van der Waals surface area contributed by atoms with E-state index in [1.807, 2.05) is 19.1 Å². The fourth-order valence-corrected chi connectivity index (χ4v) is 2.06. The van der Waals surface area contributed by atoms with Crippen molar-refractivity contribution in [2.75, 3.05) is 11.9 Å². The van der Waals surface area contributed by atoms with Gasteiger partial charge in [-0.05, 0) is 25.1 Å². The summed E-state index contributed by atoms with van der Waals surface area (Å²) < 4.78 is 6.15. The minimum atomic E-state index is -0.466. The van der Waals surface area contributed by atoms with Crippen LogP contribution in [-0.2, 0) is 6.61 Å². The van der Waals surface area contributed by atoms with Crippen molar-refractivity contribution in [1.29, 1.82) is 0 Å². The van der Waals surface area contributed by atoms with Crippen molar-refractivity contribution < 1.29 is 9.66 Å². The van der Waals surface area contributed by atoms with Gasteiger partial charge in [-0.3, -0.25) is 10.1 Å². The van der Waals surface area contributed by atoms with Gasteiger partial charge in [0, 0.05) is 28.8 Å². The highest BCUT2D eigenvalue weighted by Gasteiger charge is 2.15. The molecule has 0 aliphatic carbocycles. The zero-order chi connectivity index (χ0) is 15.2. The molecule has 0 radical (unpaired) electrons. The van der Waals surface area contributed by atoms with E-state index < -0.39 is 4.92 Å². The van der Waals surface area contributed by atoms with Gasteiger partial charge in [0.2, 0.25) is 0 Å². The Morgan fingerprint density at radius 3 is 2.81 bits per heavy atom. The Morgan fingerprint density at radius 1 is 1.38 bits per heavy atom. The van der Waals surface area contributed by atoms with Crippen LogP contribution in [0.3, 0.4) is 0 Å². The molecular formula is C14H14BrN3O3. The smallest absolute Gasteiger partial charge is 0.312 e. The first kappa shape index (κ1) is 15.2. The second kappa shape index (κ2) is 7.03. The molecule has 0 saturated carbocycles. The largest absolute Gasteiger partial charge is 0.482 e. The number of hydrogen-bond donors (Lipinski definition) is 1. The maximum absolute atomic E-state index is 11.0. The topological polar surface area (TPSA) is 77.3 Å². The molecule has 1 aromatic heterocycles. The maximum Gasteiger partial charge on any atom is 0.312 e. The summed E-state index contributed by atoms with van der Waals surface area (Å²) in [6.07, 6.45) is 1.68. The third kappa shape index (κ3) is 4.16. The monoisotopic (exact) mass is 351 g/mol. The van der Waals surface area contributed by atoms with Crippen molar-refractivity contribution in [2.45, 2.75) is 13.5 Å². The van der Waals surface area contributed by atoms with E-state index in [-0.39, 0.29) is 18.0 Å². The third-order valence-corrected chi connectivity index (χ3v) is 3.19. The summed E-state index contributed by atoms with van der Waals surface area (Å²) in [6, 6.07) is 8.41. The molecule has 0 aliphatic rings. The van der Waals surface area contributed by atoms with Gasteiger partial charge in [0.1, 0.15) is 12.4 Å². The molecule has 2 aromatic rings. The van der Waals surface area contributed by atoms with Gasteiger partial charge in [-0.1, -0.05) is 22.0 Å². The number of aromatic nitrogens is 1. The van der Waals surface area contributed by atoms with Crippen molar-refractivity contribution in [3.05, 3.63) is 56.7 Å². The van der Waals surface area contributed by atoms with E-state index in [4.69, 9.17) is 4.74 Å². The highest BCUT2D eigenvalue weighted by atomic mass is 79.9. The van der Waals surface area contributed by atoms with Crippen molar-refractivity contribution in [3.63, 3.8) is 0 Å². The van der Waals surface area contributed by atoms with Gasteiger partial charge in [0.05, 0.1) is 4.92 Å². The van der Waals surface area contributed by atoms with Crippen LogP contribution < -0.4 is 10.1 Å². The summed E-state index contributed by atoms with van der Waals surface area (Å²) in [5, 5.41) is 14.1. The number of rotatable bonds is 6. The molecule has 0 aliphatic heterocycles. The molecule has 0 amide bonds. The summed E-state index contributed by atoms with van der Waals surface area (Å²) in [5.74, 6) is 1.02. The minimum Gasteiger partial charge on any atom is -0.482 e. The molecule has 0 saturated heterocycles. The molecule has 0 bridgehead atoms. The summed E-state index contributed by atoms with van der Waals surface area (Å²) >= 11 is 3.21. The van der Waals surface area contributed by atoms with E-state index in [9.17, 15) is 10.1 Å². The van der Waals surface area contributed by atoms with Crippen LogP contribution in [0.15, 0.2) is 41.0 Å². The first-order chi connectivity index (χ1) is 10.1. The lowest BCUT2D eigenvalue weighted by Gasteiger charge is -2.08. The second-order valence-electron chi connectivity index (χ2n) is 4.24. The number of halogens is 1. The Balaban J connectivity index is 2.07. The first-order valence-corrected chi connectivity index (χ1v) is 7.15. The summed E-state index contributed by atoms with van der Waals surface area (Å²) in [5.41, 5.74) is 0.774. The van der Waals surface area contributed by atoms with Crippen LogP contribution >= 0.6 is 15.9 Å². The molecular weight excluding hydrogens is 338 g/mol. The molecule has 7 heteroatoms. The fourth-order valence-electron chi connectivity index (χ4n) is 1.71. The maximum atomic E-state index is 11.0. The molecule has 0 unspecified atom stereocenters. The number of pyridine rings is 1. The number of hydrogen-bond acceptors (Lipinski definition) is 5. The molecule has 1 heterocycles. The molecule has 1 aromatic carbocycles. The van der Waals surface area contributed by atoms with Gasteiger partial charge in [-0.25, -0.2) is 4.98 Å². The Labute approximate surface area is 130 Å². The standard InChI is InChI=1S/C14H14BrN3O3/c1-2-16-14-6-3-10(8-17-14)9-21-13-5-4-11(15)7-12(13)18(19)20/h3-8H,2,9H2,1H3,(H,16,17). The van der Waals surface area contributed by atoms with E-state index >= 15 is 0 Å². The van der Waals surface area contributed by atoms with E-state index in [0.29, 0.717) is 4.47 Å². The molecule has 0 spiro atoms. The van der Waals surface area contributed by atoms with Crippen LogP contribution in [0.2, 0.25) is 0 Å². The van der Waals surface area contributed by atoms with Crippen LogP contribution in [0, 0.1) is 10.1 Å². The molecule has 0 fully saturated rings. The van der Waals surface area contributed by atoms with Crippen molar-refractivity contribution >= 4 is 27.4 Å². The van der Waals surface area contributed by atoms with E-state index in [1.54, 1.807) is 18.3 Å². The Morgan fingerprint density at radius 2 is 2.19 bits per heavy atom. The second-order valence-corrected chi connectivity index (χ2v) is 5.16. The van der Waals surface area contributed by atoms with Gasteiger partial charge in [-0.15, -0.1) is 0 Å². The lowest BCUT2D eigenvalue weighted by Crippen LogP contribution is -2.02. The molecule has 0 atom stereocenters. The Kier molecular flexibility index (Phi) is 5.10. The number of ether oxygens (including phenoxy) is 1. The quantitative estimate of drug-likeness (QED) is 0.633. The van der Waals surface area contributed by atoms with E-state index in [1.165, 1.54) is 6.07 Å². The normalized spacial score (nSPS) is 10.2. The average molecular weight is 352 g/mol. The predicted molar refractivity (Wildman–Crippen MR) is 83.5 cm³/mol. The number of benzene rings is 1. The minimum absolute atomic E-state index is 0.0680. The van der Waals surface area contributed by atoms with Gasteiger partial charge < -0.3 is 10.1 Å². The zero-order valence-electron chi connectivity index (χ0n) is 11.4. The highest BCUT2D eigenvalue weighted by Crippen LogP contribution is 2.30. The van der Waals surface area contributed by atoms with Crippen LogP contribution in [-0.4, -0.2) is 16.5 Å².